The molecular formula is C22H29ClN4O. The van der Waals surface area contributed by atoms with Crippen LogP contribution in [0.3, 0.4) is 0 Å². The number of amides is 1. The summed E-state index contributed by atoms with van der Waals surface area (Å²) in [5.74, 6) is 0.494. The molecule has 1 fully saturated rings. The second-order valence-electron chi connectivity index (χ2n) is 7.79. The molecule has 5 nitrogen and oxygen atoms in total. The molecule has 3 rings (SSSR count). The monoisotopic (exact) mass is 400 g/mol. The molecule has 0 N–H and O–H groups in total. The highest BCUT2D eigenvalue weighted by Gasteiger charge is 2.20. The molecule has 0 unspecified atom stereocenters. The van der Waals surface area contributed by atoms with Crippen molar-refractivity contribution in [3.05, 3.63) is 58.4 Å². The lowest BCUT2D eigenvalue weighted by atomic mass is 10.2. The van der Waals surface area contributed by atoms with Crippen molar-refractivity contribution in [2.24, 2.45) is 5.92 Å². The van der Waals surface area contributed by atoms with Crippen molar-refractivity contribution < 1.29 is 4.79 Å². The first-order valence-corrected chi connectivity index (χ1v) is 10.3. The quantitative estimate of drug-likeness (QED) is 0.691. The predicted molar refractivity (Wildman–Crippen MR) is 114 cm³/mol. The van der Waals surface area contributed by atoms with Crippen LogP contribution in [0.2, 0.25) is 5.15 Å². The first kappa shape index (κ1) is 20.6. The topological polar surface area (TPSA) is 41.4 Å². The highest BCUT2D eigenvalue weighted by atomic mass is 35.5. The Bertz CT molecular complexity index is 821. The van der Waals surface area contributed by atoms with Gasteiger partial charge in [-0.3, -0.25) is 14.4 Å². The smallest absolute Gasteiger partial charge is 0.246 e. The van der Waals surface area contributed by atoms with Crippen molar-refractivity contribution in [3.8, 4) is 0 Å². The number of rotatable bonds is 6. The van der Waals surface area contributed by atoms with Crippen LogP contribution in [0.15, 0.2) is 36.4 Å². The Labute approximate surface area is 172 Å². The lowest BCUT2D eigenvalue weighted by molar-refractivity contribution is -0.127. The minimum Gasteiger partial charge on any atom is -0.337 e. The first-order chi connectivity index (χ1) is 13.4. The summed E-state index contributed by atoms with van der Waals surface area (Å²) in [4.78, 5) is 16.9. The van der Waals surface area contributed by atoms with Crippen LogP contribution < -0.4 is 0 Å². The zero-order chi connectivity index (χ0) is 20.1. The van der Waals surface area contributed by atoms with Crippen molar-refractivity contribution in [3.63, 3.8) is 0 Å². The van der Waals surface area contributed by atoms with Crippen molar-refractivity contribution in [2.45, 2.75) is 33.9 Å². The third kappa shape index (κ3) is 5.24. The fraction of sp³-hybridized carbons (Fsp3) is 0.455. The van der Waals surface area contributed by atoms with E-state index >= 15 is 0 Å². The molecule has 1 aromatic carbocycles. The molecule has 2 aromatic rings. The van der Waals surface area contributed by atoms with Gasteiger partial charge in [-0.1, -0.05) is 55.8 Å². The van der Waals surface area contributed by atoms with Gasteiger partial charge in [0.05, 0.1) is 5.69 Å². The van der Waals surface area contributed by atoms with E-state index in [1.54, 1.807) is 12.2 Å². The minimum absolute atomic E-state index is 0.0337. The lowest BCUT2D eigenvalue weighted by Crippen LogP contribution is -2.47. The Morgan fingerprint density at radius 3 is 2.50 bits per heavy atom. The van der Waals surface area contributed by atoms with Crippen LogP contribution in [0.25, 0.3) is 6.08 Å². The Kier molecular flexibility index (Phi) is 6.92. The van der Waals surface area contributed by atoms with E-state index < -0.39 is 0 Å². The average molecular weight is 401 g/mol. The van der Waals surface area contributed by atoms with Crippen LogP contribution in [0.4, 0.5) is 0 Å². The molecular weight excluding hydrogens is 372 g/mol. The van der Waals surface area contributed by atoms with E-state index in [1.807, 2.05) is 22.6 Å². The van der Waals surface area contributed by atoms with E-state index in [0.29, 0.717) is 11.1 Å². The largest absolute Gasteiger partial charge is 0.337 e. The van der Waals surface area contributed by atoms with Crippen molar-refractivity contribution in [1.29, 1.82) is 0 Å². The van der Waals surface area contributed by atoms with E-state index in [4.69, 9.17) is 11.6 Å². The predicted octanol–water partition coefficient (Wildman–Crippen LogP) is 3.86. The zero-order valence-electron chi connectivity index (χ0n) is 16.9. The number of nitrogens with zero attached hydrogens (tertiary/aromatic N) is 4. The average Bonchev–Trinajstić information content (AvgIpc) is 2.93. The summed E-state index contributed by atoms with van der Waals surface area (Å²) in [6, 6.07) is 10.5. The van der Waals surface area contributed by atoms with E-state index in [0.717, 1.165) is 50.5 Å². The fourth-order valence-corrected chi connectivity index (χ4v) is 3.76. The van der Waals surface area contributed by atoms with Crippen LogP contribution in [0.5, 0.6) is 0 Å². The third-order valence-electron chi connectivity index (χ3n) is 4.97. The molecule has 150 valence electrons. The van der Waals surface area contributed by atoms with E-state index in [-0.39, 0.29) is 5.91 Å². The van der Waals surface area contributed by atoms with Crippen LogP contribution in [-0.4, -0.2) is 51.7 Å². The van der Waals surface area contributed by atoms with E-state index in [9.17, 15) is 4.79 Å². The fourth-order valence-electron chi connectivity index (χ4n) is 3.45. The van der Waals surface area contributed by atoms with Gasteiger partial charge in [0.1, 0.15) is 5.15 Å². The van der Waals surface area contributed by atoms with Gasteiger partial charge < -0.3 is 4.90 Å². The molecule has 2 heterocycles. The molecule has 1 aromatic heterocycles. The number of benzene rings is 1. The van der Waals surface area contributed by atoms with Gasteiger partial charge in [0.2, 0.25) is 5.91 Å². The molecule has 6 heteroatoms. The van der Waals surface area contributed by atoms with Gasteiger partial charge >= 0.3 is 0 Å². The van der Waals surface area contributed by atoms with E-state index in [1.165, 1.54) is 5.56 Å². The SMILES string of the molecule is Cc1nn(CC(C)C)c(Cl)c1/C=C/C(=O)N1CCN(Cc2ccccc2)CC1. The first-order valence-electron chi connectivity index (χ1n) is 9.90. The van der Waals surface area contributed by atoms with Crippen molar-refractivity contribution in [2.75, 3.05) is 26.2 Å². The number of carbonyl (C=O) groups is 1. The van der Waals surface area contributed by atoms with Crippen LogP contribution >= 0.6 is 11.6 Å². The molecule has 1 aliphatic heterocycles. The lowest BCUT2D eigenvalue weighted by Gasteiger charge is -2.34. The Morgan fingerprint density at radius 1 is 1.18 bits per heavy atom. The molecule has 0 saturated carbocycles. The summed E-state index contributed by atoms with van der Waals surface area (Å²) in [5, 5.41) is 5.09. The standard InChI is InChI=1S/C22H29ClN4O/c1-17(2)15-27-22(23)20(18(3)24-27)9-10-21(28)26-13-11-25(12-14-26)16-19-7-5-4-6-8-19/h4-10,17H,11-16H2,1-3H3/b10-9+. The van der Waals surface area contributed by atoms with Gasteiger partial charge in [0, 0.05) is 50.9 Å². The highest BCUT2D eigenvalue weighted by Crippen LogP contribution is 2.22. The van der Waals surface area contributed by atoms with Gasteiger partial charge in [-0.05, 0) is 24.5 Å². The van der Waals surface area contributed by atoms with Crippen molar-refractivity contribution >= 4 is 23.6 Å². The van der Waals surface area contributed by atoms with Crippen LogP contribution in [-0.2, 0) is 17.9 Å². The molecule has 0 atom stereocenters. The van der Waals surface area contributed by atoms with Crippen molar-refractivity contribution in [1.82, 2.24) is 19.6 Å². The van der Waals surface area contributed by atoms with E-state index in [2.05, 4.69) is 48.1 Å². The number of carbonyl (C=O) groups excluding carboxylic acids is 1. The molecule has 0 aliphatic carbocycles. The molecule has 0 bridgehead atoms. The molecule has 28 heavy (non-hydrogen) atoms. The Balaban J connectivity index is 1.55. The number of aromatic nitrogens is 2. The minimum atomic E-state index is 0.0337. The summed E-state index contributed by atoms with van der Waals surface area (Å²) in [6.45, 7) is 11.2. The highest BCUT2D eigenvalue weighted by molar-refractivity contribution is 6.31. The maximum atomic E-state index is 12.6. The van der Waals surface area contributed by atoms with Crippen LogP contribution in [0.1, 0.15) is 30.7 Å². The summed E-state index contributed by atoms with van der Waals surface area (Å²) in [7, 11) is 0. The number of piperazine rings is 1. The third-order valence-corrected chi connectivity index (χ3v) is 5.37. The van der Waals surface area contributed by atoms with Gasteiger partial charge in [0.15, 0.2) is 0 Å². The number of hydrogen-bond acceptors (Lipinski definition) is 3. The molecule has 1 amide bonds. The second-order valence-corrected chi connectivity index (χ2v) is 8.14. The normalized spacial score (nSPS) is 15.7. The maximum Gasteiger partial charge on any atom is 0.246 e. The Hall–Kier alpha value is -2.11. The molecule has 0 radical (unpaired) electrons. The second kappa shape index (κ2) is 9.39. The van der Waals surface area contributed by atoms with Crippen LogP contribution in [0, 0.1) is 12.8 Å². The number of hydrogen-bond donors (Lipinski definition) is 0. The van der Waals surface area contributed by atoms with Gasteiger partial charge in [-0.15, -0.1) is 0 Å². The summed E-state index contributed by atoms with van der Waals surface area (Å²) >= 11 is 6.46. The summed E-state index contributed by atoms with van der Waals surface area (Å²) in [6.07, 6.45) is 3.43. The van der Waals surface area contributed by atoms with Gasteiger partial charge in [-0.2, -0.15) is 5.10 Å². The summed E-state index contributed by atoms with van der Waals surface area (Å²) < 4.78 is 1.81. The zero-order valence-corrected chi connectivity index (χ0v) is 17.7. The number of aryl methyl sites for hydroxylation is 1. The Morgan fingerprint density at radius 2 is 1.86 bits per heavy atom. The molecule has 1 aliphatic rings. The van der Waals surface area contributed by atoms with Gasteiger partial charge in [-0.25, -0.2) is 0 Å². The molecule has 1 saturated heterocycles. The maximum absolute atomic E-state index is 12.6. The summed E-state index contributed by atoms with van der Waals surface area (Å²) in [5.41, 5.74) is 2.99. The molecule has 0 spiro atoms. The van der Waals surface area contributed by atoms with Gasteiger partial charge in [0.25, 0.3) is 0 Å². The number of halogens is 1.